The van der Waals surface area contributed by atoms with Gasteiger partial charge in [0.1, 0.15) is 0 Å². The van der Waals surface area contributed by atoms with Gasteiger partial charge in [0, 0.05) is 16.7 Å². The van der Waals surface area contributed by atoms with Crippen molar-refractivity contribution in [2.24, 2.45) is 0 Å². The van der Waals surface area contributed by atoms with Gasteiger partial charge in [-0.25, -0.2) is 15.0 Å². The van der Waals surface area contributed by atoms with E-state index in [1.54, 1.807) is 60.7 Å². The summed E-state index contributed by atoms with van der Waals surface area (Å²) >= 11 is 0. The molecule has 0 saturated heterocycles. The Bertz CT molecular complexity index is 3580. The van der Waals surface area contributed by atoms with Gasteiger partial charge in [0.05, 0.1) is 26.0 Å². The first-order valence-corrected chi connectivity index (χ1v) is 14.7. The highest BCUT2D eigenvalue weighted by atomic mass is 15.0. The summed E-state index contributed by atoms with van der Waals surface area (Å²) in [4.78, 5) is 13.8. The monoisotopic (exact) mass is 630 g/mol. The predicted octanol–water partition coefficient (Wildman–Crippen LogP) is 11.7. The number of nitrogens with zero attached hydrogens (tertiary/aromatic N) is 3. The van der Waals surface area contributed by atoms with Gasteiger partial charge in [-0.1, -0.05) is 157 Å². The van der Waals surface area contributed by atoms with Crippen LogP contribution in [-0.4, -0.2) is 15.0 Å². The third-order valence-electron chi connectivity index (χ3n) is 7.61. The van der Waals surface area contributed by atoms with Crippen molar-refractivity contribution in [2.45, 2.75) is 0 Å². The molecule has 3 heteroatoms. The minimum absolute atomic E-state index is 0.122. The third kappa shape index (κ3) is 4.99. The Morgan fingerprint density at radius 2 is 0.667 bits per heavy atom. The molecule has 0 radical (unpaired) electrons. The first-order chi connectivity index (χ1) is 31.7. The summed E-state index contributed by atoms with van der Waals surface area (Å²) in [5.74, 6) is -0.0369. The summed E-state index contributed by atoms with van der Waals surface area (Å²) < 4.78 is 171. The summed E-state index contributed by atoms with van der Waals surface area (Å²) in [6, 6.07) is 2.19. The summed E-state index contributed by atoms with van der Waals surface area (Å²) in [5, 5.41) is -2.66. The molecule has 224 valence electrons. The molecule has 0 atom stereocenters. The van der Waals surface area contributed by atoms with Gasteiger partial charge in [-0.2, -0.15) is 0 Å². The van der Waals surface area contributed by atoms with Gasteiger partial charge in [0.2, 0.25) is 0 Å². The number of hydrogen-bond donors (Lipinski definition) is 0. The largest absolute Gasteiger partial charge is 0.208 e. The fourth-order valence-corrected chi connectivity index (χ4v) is 5.38. The predicted molar refractivity (Wildman–Crippen MR) is 200 cm³/mol. The quantitative estimate of drug-likeness (QED) is 0.178. The fourth-order valence-electron chi connectivity index (χ4n) is 5.38. The van der Waals surface area contributed by atoms with E-state index < -0.39 is 175 Å². The molecule has 48 heavy (non-hydrogen) atoms. The van der Waals surface area contributed by atoms with E-state index in [2.05, 4.69) is 15.0 Å². The number of hydrogen-bond acceptors (Lipinski definition) is 3. The van der Waals surface area contributed by atoms with Crippen LogP contribution in [0.3, 0.4) is 0 Å². The Labute approximate surface area is 305 Å². The molecule has 9 aromatic rings. The summed E-state index contributed by atoms with van der Waals surface area (Å²) in [5.41, 5.74) is -2.12. The number of rotatable bonds is 5. The summed E-state index contributed by atoms with van der Waals surface area (Å²) in [7, 11) is 0. The standard InChI is InChI=1S/C45H29N3/c1-3-13-30(14-4-1)43-46-44(31-15-5-2-6-16-31)48-45(47-43)36-20-12-19-34(28-36)32-17-11-18-33(27-32)35-25-26-41-39-23-8-7-21-37(39)38-22-9-10-24-40(38)42(41)29-35/h1-29H/i7D,8D,9D,10D,11D,12D,17D,18D,19D,20D,21D,22D,23D,24D,25D,26D,27D,28D,29D. The third-order valence-corrected chi connectivity index (χ3v) is 7.61. The lowest BCUT2D eigenvalue weighted by Gasteiger charge is -2.13. The number of fused-ring (bicyclic) bond motifs is 6. The maximum atomic E-state index is 9.68. The van der Waals surface area contributed by atoms with Crippen LogP contribution in [0.4, 0.5) is 0 Å². The van der Waals surface area contributed by atoms with Crippen molar-refractivity contribution < 1.29 is 26.0 Å². The molecule has 3 nitrogen and oxygen atoms in total. The van der Waals surface area contributed by atoms with Crippen molar-refractivity contribution in [1.29, 1.82) is 0 Å². The van der Waals surface area contributed by atoms with Crippen LogP contribution in [0.1, 0.15) is 26.0 Å². The van der Waals surface area contributed by atoms with Crippen LogP contribution in [0.15, 0.2) is 175 Å². The molecule has 9 rings (SSSR count). The Morgan fingerprint density at radius 1 is 0.292 bits per heavy atom. The molecule has 0 aliphatic carbocycles. The lowest BCUT2D eigenvalue weighted by atomic mass is 9.91. The Kier molecular flexibility index (Phi) is 3.55. The van der Waals surface area contributed by atoms with Crippen molar-refractivity contribution in [3.63, 3.8) is 0 Å². The van der Waals surface area contributed by atoms with Crippen molar-refractivity contribution in [2.75, 3.05) is 0 Å². The first kappa shape index (κ1) is 14.5. The zero-order valence-electron chi connectivity index (χ0n) is 43.6. The van der Waals surface area contributed by atoms with E-state index in [-0.39, 0.29) is 17.5 Å². The van der Waals surface area contributed by atoms with Gasteiger partial charge in [0.25, 0.3) is 0 Å². The maximum Gasteiger partial charge on any atom is 0.164 e. The molecule has 0 amide bonds. The highest BCUT2D eigenvalue weighted by molar-refractivity contribution is 6.25. The fraction of sp³-hybridized carbons (Fsp3) is 0. The second kappa shape index (κ2) is 11.7. The Balaban J connectivity index is 1.41. The SMILES string of the molecule is [2H]c1c([2H])c(-c2nc(-c3ccccc3)nc(-c3ccccc3)n2)c([2H])c(-c2c([2H])c([2H])c([2H])c(-c3c([2H])c([2H])c4c5c([2H])c([2H])c([2H])c([2H])c5c5c([2H])c([2H])c([2H])c([2H])c5c4c3[2H])c2[2H])c1[2H]. The van der Waals surface area contributed by atoms with Gasteiger partial charge >= 0.3 is 0 Å². The molecule has 0 saturated carbocycles. The number of aromatic nitrogens is 3. The Hall–Kier alpha value is -6.45. The molecule has 0 spiro atoms. The van der Waals surface area contributed by atoms with Crippen molar-refractivity contribution in [3.05, 3.63) is 175 Å². The smallest absolute Gasteiger partial charge is 0.164 e. The minimum atomic E-state index is -0.925. The lowest BCUT2D eigenvalue weighted by molar-refractivity contribution is 1.07. The maximum absolute atomic E-state index is 9.68. The van der Waals surface area contributed by atoms with Crippen LogP contribution in [0.25, 0.3) is 88.7 Å². The van der Waals surface area contributed by atoms with Gasteiger partial charge in [0.15, 0.2) is 17.5 Å². The second-order valence-corrected chi connectivity index (χ2v) is 10.5. The van der Waals surface area contributed by atoms with Gasteiger partial charge in [-0.15, -0.1) is 0 Å². The molecule has 8 aromatic carbocycles. The molecule has 1 heterocycles. The molecule has 1 aromatic heterocycles. The van der Waals surface area contributed by atoms with Crippen molar-refractivity contribution >= 4 is 32.3 Å². The summed E-state index contributed by atoms with van der Waals surface area (Å²) in [6.07, 6.45) is 0. The summed E-state index contributed by atoms with van der Waals surface area (Å²) in [6.45, 7) is 0. The highest BCUT2D eigenvalue weighted by Gasteiger charge is 2.14. The lowest BCUT2D eigenvalue weighted by Crippen LogP contribution is -2.00. The van der Waals surface area contributed by atoms with E-state index >= 15 is 0 Å². The topological polar surface area (TPSA) is 38.7 Å². The van der Waals surface area contributed by atoms with E-state index in [9.17, 15) is 6.85 Å². The van der Waals surface area contributed by atoms with Crippen LogP contribution in [0, 0.1) is 0 Å². The molecule has 0 N–H and O–H groups in total. The van der Waals surface area contributed by atoms with E-state index in [0.29, 0.717) is 11.1 Å². The average Bonchev–Trinajstić information content (AvgIpc) is 3.33. The van der Waals surface area contributed by atoms with Gasteiger partial charge in [-0.3, -0.25) is 0 Å². The van der Waals surface area contributed by atoms with Crippen molar-refractivity contribution in [1.82, 2.24) is 15.0 Å². The van der Waals surface area contributed by atoms with Gasteiger partial charge < -0.3 is 0 Å². The first-order valence-electron chi connectivity index (χ1n) is 24.2. The molecule has 0 aliphatic heterocycles. The molecular formula is C45H29N3. The van der Waals surface area contributed by atoms with Crippen LogP contribution >= 0.6 is 0 Å². The van der Waals surface area contributed by atoms with E-state index in [1.165, 1.54) is 0 Å². The zero-order valence-corrected chi connectivity index (χ0v) is 24.6. The second-order valence-electron chi connectivity index (χ2n) is 10.5. The molecule has 0 aliphatic rings. The molecule has 0 fully saturated rings. The van der Waals surface area contributed by atoms with E-state index in [1.807, 2.05) is 0 Å². The average molecular weight is 631 g/mol. The van der Waals surface area contributed by atoms with Crippen LogP contribution in [0.2, 0.25) is 0 Å². The normalized spacial score (nSPS) is 16.9. The molecule has 0 bridgehead atoms. The highest BCUT2D eigenvalue weighted by Crippen LogP contribution is 2.38. The van der Waals surface area contributed by atoms with Crippen molar-refractivity contribution in [3.8, 4) is 56.4 Å². The molecular weight excluding hydrogens is 583 g/mol. The van der Waals surface area contributed by atoms with E-state index in [4.69, 9.17) is 19.2 Å². The number of benzene rings is 8. The van der Waals surface area contributed by atoms with Crippen LogP contribution < -0.4 is 0 Å². The van der Waals surface area contributed by atoms with Crippen LogP contribution in [-0.2, 0) is 0 Å². The van der Waals surface area contributed by atoms with Crippen LogP contribution in [0.5, 0.6) is 0 Å². The molecule has 0 unspecified atom stereocenters. The van der Waals surface area contributed by atoms with E-state index in [0.717, 1.165) is 0 Å². The Morgan fingerprint density at radius 3 is 1.17 bits per heavy atom. The minimum Gasteiger partial charge on any atom is -0.208 e. The zero-order chi connectivity index (χ0) is 48.4. The van der Waals surface area contributed by atoms with Gasteiger partial charge in [-0.05, 0) is 72.7 Å².